The van der Waals surface area contributed by atoms with Crippen LogP contribution in [0.1, 0.15) is 56.2 Å². The number of ketones is 1. The molecule has 0 spiro atoms. The third-order valence-electron chi connectivity index (χ3n) is 5.13. The standard InChI is InChI=1S/C20H24N2O5S/c1-6-27-19(24)16-10(2)21-12-8-20(4,5)9-14(23)17(12)18(16)15-7-13(22(25)26)11(3)28-15/h7,18,21H,6,8-9H2,1-5H3/t18-/m1/s1. The first-order chi connectivity index (χ1) is 13.1. The molecule has 0 fully saturated rings. The molecular weight excluding hydrogens is 380 g/mol. The van der Waals surface area contributed by atoms with Crippen LogP contribution in [0.2, 0.25) is 0 Å². The van der Waals surface area contributed by atoms with Crippen molar-refractivity contribution in [2.75, 3.05) is 6.61 Å². The molecule has 1 N–H and O–H groups in total. The fraction of sp³-hybridized carbons (Fsp3) is 0.500. The Bertz CT molecular complexity index is 938. The largest absolute Gasteiger partial charge is 0.463 e. The molecule has 8 heteroatoms. The van der Waals surface area contributed by atoms with Gasteiger partial charge in [0, 0.05) is 34.3 Å². The van der Waals surface area contributed by atoms with Crippen molar-refractivity contribution in [3.05, 3.63) is 48.5 Å². The Labute approximate surface area is 167 Å². The molecule has 1 aromatic rings. The smallest absolute Gasteiger partial charge is 0.336 e. The van der Waals surface area contributed by atoms with Gasteiger partial charge >= 0.3 is 5.97 Å². The molecule has 2 heterocycles. The lowest BCUT2D eigenvalue weighted by Crippen LogP contribution is -2.38. The van der Waals surface area contributed by atoms with Gasteiger partial charge in [0.25, 0.3) is 5.69 Å². The number of esters is 1. The molecule has 0 amide bonds. The van der Waals surface area contributed by atoms with E-state index in [1.807, 2.05) is 13.8 Å². The van der Waals surface area contributed by atoms with Crippen molar-refractivity contribution >= 4 is 28.8 Å². The summed E-state index contributed by atoms with van der Waals surface area (Å²) in [7, 11) is 0. The second-order valence-corrected chi connectivity index (χ2v) is 9.29. The van der Waals surface area contributed by atoms with Crippen LogP contribution in [0.4, 0.5) is 5.69 Å². The van der Waals surface area contributed by atoms with E-state index in [0.717, 1.165) is 5.70 Å². The summed E-state index contributed by atoms with van der Waals surface area (Å²) < 4.78 is 5.24. The molecular formula is C20H24N2O5S. The van der Waals surface area contributed by atoms with Crippen LogP contribution in [0.3, 0.4) is 0 Å². The molecule has 1 atom stereocenters. The quantitative estimate of drug-likeness (QED) is 0.460. The highest BCUT2D eigenvalue weighted by molar-refractivity contribution is 7.12. The summed E-state index contributed by atoms with van der Waals surface area (Å²) in [5, 5.41) is 14.6. The lowest BCUT2D eigenvalue weighted by atomic mass is 9.70. The van der Waals surface area contributed by atoms with Crippen molar-refractivity contribution in [2.45, 2.75) is 53.4 Å². The monoisotopic (exact) mass is 404 g/mol. The number of rotatable bonds is 4. The van der Waals surface area contributed by atoms with E-state index in [9.17, 15) is 19.7 Å². The highest BCUT2D eigenvalue weighted by Gasteiger charge is 2.44. The first-order valence-electron chi connectivity index (χ1n) is 9.21. The number of carbonyl (C=O) groups is 2. The third-order valence-corrected chi connectivity index (χ3v) is 6.23. The van der Waals surface area contributed by atoms with Crippen molar-refractivity contribution in [2.24, 2.45) is 5.41 Å². The lowest BCUT2D eigenvalue weighted by molar-refractivity contribution is -0.385. The van der Waals surface area contributed by atoms with E-state index in [0.29, 0.717) is 39.4 Å². The van der Waals surface area contributed by atoms with Gasteiger partial charge in [-0.3, -0.25) is 14.9 Å². The van der Waals surface area contributed by atoms with Gasteiger partial charge in [0.1, 0.15) is 0 Å². The molecule has 1 aliphatic heterocycles. The van der Waals surface area contributed by atoms with Crippen LogP contribution in [0.15, 0.2) is 28.6 Å². The number of nitrogens with zero attached hydrogens (tertiary/aromatic N) is 1. The average Bonchev–Trinajstić information content (AvgIpc) is 2.94. The number of hydrogen-bond acceptors (Lipinski definition) is 7. The van der Waals surface area contributed by atoms with Gasteiger partial charge in [-0.15, -0.1) is 11.3 Å². The van der Waals surface area contributed by atoms with Gasteiger partial charge in [-0.25, -0.2) is 4.79 Å². The number of Topliss-reactive ketones (excluding diaryl/α,β-unsaturated/α-hetero) is 1. The number of carbonyl (C=O) groups excluding carboxylic acids is 2. The summed E-state index contributed by atoms with van der Waals surface area (Å²) >= 11 is 1.25. The van der Waals surface area contributed by atoms with Gasteiger partial charge in [0.15, 0.2) is 5.78 Å². The highest BCUT2D eigenvalue weighted by atomic mass is 32.1. The fourth-order valence-electron chi connectivity index (χ4n) is 4.02. The lowest BCUT2D eigenvalue weighted by Gasteiger charge is -2.39. The zero-order valence-electron chi connectivity index (χ0n) is 16.7. The van der Waals surface area contributed by atoms with Crippen molar-refractivity contribution in [1.29, 1.82) is 0 Å². The Morgan fingerprint density at radius 1 is 1.39 bits per heavy atom. The van der Waals surface area contributed by atoms with E-state index in [1.54, 1.807) is 20.8 Å². The van der Waals surface area contributed by atoms with E-state index in [-0.39, 0.29) is 23.5 Å². The number of aryl methyl sites for hydroxylation is 1. The topological polar surface area (TPSA) is 98.5 Å². The van der Waals surface area contributed by atoms with E-state index >= 15 is 0 Å². The zero-order valence-corrected chi connectivity index (χ0v) is 17.5. The minimum atomic E-state index is -0.642. The maximum absolute atomic E-state index is 13.1. The maximum atomic E-state index is 13.1. The van der Waals surface area contributed by atoms with Gasteiger partial charge in [-0.1, -0.05) is 13.8 Å². The zero-order chi connectivity index (χ0) is 20.8. The summed E-state index contributed by atoms with van der Waals surface area (Å²) in [6.45, 7) is 9.45. The molecule has 28 heavy (non-hydrogen) atoms. The van der Waals surface area contributed by atoms with Crippen molar-refractivity contribution < 1.29 is 19.2 Å². The Balaban J connectivity index is 2.21. The normalized spacial score (nSPS) is 21.3. The first kappa shape index (κ1) is 20.3. The highest BCUT2D eigenvalue weighted by Crippen LogP contribution is 2.49. The Kier molecular flexibility index (Phi) is 5.18. The number of thiophene rings is 1. The van der Waals surface area contributed by atoms with Gasteiger partial charge in [-0.2, -0.15) is 0 Å². The molecule has 0 saturated carbocycles. The number of nitrogens with one attached hydrogen (secondary N) is 1. The van der Waals surface area contributed by atoms with E-state index in [4.69, 9.17) is 4.74 Å². The molecule has 1 aliphatic carbocycles. The fourth-order valence-corrected chi connectivity index (χ4v) is 5.13. The van der Waals surface area contributed by atoms with Gasteiger partial charge < -0.3 is 10.1 Å². The number of dihydropyridines is 1. The summed E-state index contributed by atoms with van der Waals surface area (Å²) in [5.74, 6) is -1.18. The Morgan fingerprint density at radius 2 is 2.07 bits per heavy atom. The van der Waals surface area contributed by atoms with Gasteiger partial charge in [0.05, 0.1) is 27.9 Å². The predicted molar refractivity (Wildman–Crippen MR) is 106 cm³/mol. The van der Waals surface area contributed by atoms with Crippen LogP contribution in [0.5, 0.6) is 0 Å². The van der Waals surface area contributed by atoms with Gasteiger partial charge in [-0.05, 0) is 32.6 Å². The molecule has 2 aliphatic rings. The van der Waals surface area contributed by atoms with Crippen molar-refractivity contribution in [3.8, 4) is 0 Å². The van der Waals surface area contributed by atoms with Crippen molar-refractivity contribution in [3.63, 3.8) is 0 Å². The molecule has 0 unspecified atom stereocenters. The van der Waals surface area contributed by atoms with Crippen molar-refractivity contribution in [1.82, 2.24) is 5.32 Å². The summed E-state index contributed by atoms with van der Waals surface area (Å²) in [6, 6.07) is 1.49. The summed E-state index contributed by atoms with van der Waals surface area (Å²) in [6.07, 6.45) is 1.04. The first-order valence-corrected chi connectivity index (χ1v) is 10.0. The minimum Gasteiger partial charge on any atom is -0.463 e. The van der Waals surface area contributed by atoms with Crippen LogP contribution in [-0.4, -0.2) is 23.3 Å². The van der Waals surface area contributed by atoms with E-state index < -0.39 is 16.8 Å². The second-order valence-electron chi connectivity index (χ2n) is 8.00. The number of hydrogen-bond donors (Lipinski definition) is 1. The number of nitro groups is 1. The van der Waals surface area contributed by atoms with Crippen LogP contribution in [0.25, 0.3) is 0 Å². The maximum Gasteiger partial charge on any atom is 0.336 e. The van der Waals surface area contributed by atoms with Crippen LogP contribution in [-0.2, 0) is 14.3 Å². The molecule has 0 bridgehead atoms. The molecule has 1 aromatic heterocycles. The molecule has 7 nitrogen and oxygen atoms in total. The van der Waals surface area contributed by atoms with Crippen LogP contribution in [0, 0.1) is 22.5 Å². The summed E-state index contributed by atoms with van der Waals surface area (Å²) in [5.41, 5.74) is 2.12. The molecule has 3 rings (SSSR count). The van der Waals surface area contributed by atoms with E-state index in [1.165, 1.54) is 17.4 Å². The van der Waals surface area contributed by atoms with Crippen LogP contribution >= 0.6 is 11.3 Å². The van der Waals surface area contributed by atoms with E-state index in [2.05, 4.69) is 5.32 Å². The number of allylic oxidation sites excluding steroid dienone is 3. The summed E-state index contributed by atoms with van der Waals surface area (Å²) in [4.78, 5) is 37.9. The minimum absolute atomic E-state index is 0.00475. The molecule has 0 radical (unpaired) electrons. The average molecular weight is 404 g/mol. The molecule has 0 saturated heterocycles. The molecule has 0 aromatic carbocycles. The SMILES string of the molecule is CCOC(=O)C1=C(C)NC2=C(C(=O)CC(C)(C)C2)[C@@H]1c1cc([N+](=O)[O-])c(C)s1. The Hall–Kier alpha value is -2.48. The second kappa shape index (κ2) is 7.16. The van der Waals surface area contributed by atoms with Crippen LogP contribution < -0.4 is 5.32 Å². The predicted octanol–water partition coefficient (Wildman–Crippen LogP) is 4.13. The molecule has 150 valence electrons. The Morgan fingerprint density at radius 3 is 2.64 bits per heavy atom. The van der Waals surface area contributed by atoms with Gasteiger partial charge in [0.2, 0.25) is 0 Å². The third kappa shape index (κ3) is 3.48. The number of ether oxygens (including phenoxy) is 1.